The van der Waals surface area contributed by atoms with Crippen LogP contribution in [0.4, 0.5) is 4.39 Å². The number of nitrogens with two attached hydrogens (primary N) is 1. The van der Waals surface area contributed by atoms with Gasteiger partial charge < -0.3 is 10.3 Å². The summed E-state index contributed by atoms with van der Waals surface area (Å²) in [5.41, 5.74) is 8.92. The number of halogens is 1. The molecule has 2 aromatic rings. The van der Waals surface area contributed by atoms with Gasteiger partial charge in [-0.15, -0.1) is 0 Å². The Morgan fingerprint density at radius 3 is 2.58 bits per heavy atom. The van der Waals surface area contributed by atoms with Crippen LogP contribution in [0.25, 0.3) is 10.9 Å². The first-order valence-corrected chi connectivity index (χ1v) is 7.03. The lowest BCUT2D eigenvalue weighted by atomic mass is 9.78. The zero-order chi connectivity index (χ0) is 13.6. The van der Waals surface area contributed by atoms with Crippen molar-refractivity contribution in [3.63, 3.8) is 0 Å². The molecule has 3 heteroatoms. The molecule has 2 nitrogen and oxygen atoms in total. The highest BCUT2D eigenvalue weighted by atomic mass is 19.1. The van der Waals surface area contributed by atoms with E-state index in [1.54, 1.807) is 6.07 Å². The SMILES string of the molecule is Cc1cc2cc(F)c(C3(CN)CCCC3)cc2n1C. The van der Waals surface area contributed by atoms with Gasteiger partial charge in [0.2, 0.25) is 0 Å². The lowest BCUT2D eigenvalue weighted by molar-refractivity contribution is 0.427. The van der Waals surface area contributed by atoms with E-state index >= 15 is 0 Å². The van der Waals surface area contributed by atoms with Crippen LogP contribution in [-0.2, 0) is 12.5 Å². The highest BCUT2D eigenvalue weighted by Crippen LogP contribution is 2.42. The number of hydrogen-bond acceptors (Lipinski definition) is 1. The number of rotatable bonds is 2. The summed E-state index contributed by atoms with van der Waals surface area (Å²) >= 11 is 0. The molecule has 3 rings (SSSR count). The van der Waals surface area contributed by atoms with Crippen LogP contribution in [0.1, 0.15) is 36.9 Å². The molecule has 1 aromatic heterocycles. The molecule has 0 saturated heterocycles. The Morgan fingerprint density at radius 1 is 1.26 bits per heavy atom. The van der Waals surface area contributed by atoms with Crippen molar-refractivity contribution in [3.8, 4) is 0 Å². The van der Waals surface area contributed by atoms with Crippen LogP contribution in [0.5, 0.6) is 0 Å². The lowest BCUT2D eigenvalue weighted by Gasteiger charge is -2.28. The Balaban J connectivity index is 2.23. The van der Waals surface area contributed by atoms with Crippen molar-refractivity contribution < 1.29 is 4.39 Å². The molecule has 0 aliphatic heterocycles. The standard InChI is InChI=1S/C16H21FN2/c1-11-7-12-8-14(17)13(9-15(12)19(11)2)16(10-18)5-3-4-6-16/h7-9H,3-6,10,18H2,1-2H3. The number of aryl methyl sites for hydroxylation is 2. The van der Waals surface area contributed by atoms with Crippen molar-refractivity contribution in [3.05, 3.63) is 35.3 Å². The summed E-state index contributed by atoms with van der Waals surface area (Å²) in [6, 6.07) is 5.73. The zero-order valence-electron chi connectivity index (χ0n) is 11.7. The molecular formula is C16H21FN2. The van der Waals surface area contributed by atoms with Gasteiger partial charge in [0, 0.05) is 35.6 Å². The second-order valence-electron chi connectivity index (χ2n) is 5.93. The summed E-state index contributed by atoms with van der Waals surface area (Å²) < 4.78 is 16.6. The van der Waals surface area contributed by atoms with E-state index in [9.17, 15) is 4.39 Å². The third kappa shape index (κ3) is 1.79. The molecule has 0 unspecified atom stereocenters. The van der Waals surface area contributed by atoms with Gasteiger partial charge in [-0.25, -0.2) is 4.39 Å². The summed E-state index contributed by atoms with van der Waals surface area (Å²) in [4.78, 5) is 0. The summed E-state index contributed by atoms with van der Waals surface area (Å²) in [5, 5.41) is 0.978. The zero-order valence-corrected chi connectivity index (χ0v) is 11.7. The normalized spacial score (nSPS) is 18.3. The van der Waals surface area contributed by atoms with E-state index in [1.165, 1.54) is 0 Å². The molecule has 0 bridgehead atoms. The van der Waals surface area contributed by atoms with Crippen LogP contribution in [0, 0.1) is 12.7 Å². The summed E-state index contributed by atoms with van der Waals surface area (Å²) in [5.74, 6) is -0.0922. The minimum absolute atomic E-state index is 0.0922. The summed E-state index contributed by atoms with van der Waals surface area (Å²) in [6.07, 6.45) is 4.33. The molecule has 2 N–H and O–H groups in total. The van der Waals surface area contributed by atoms with Crippen LogP contribution in [0.3, 0.4) is 0 Å². The molecule has 1 saturated carbocycles. The highest BCUT2D eigenvalue weighted by molar-refractivity contribution is 5.82. The predicted octanol–water partition coefficient (Wildman–Crippen LogP) is 3.40. The second-order valence-corrected chi connectivity index (χ2v) is 5.93. The van der Waals surface area contributed by atoms with Gasteiger partial charge in [0.25, 0.3) is 0 Å². The molecule has 19 heavy (non-hydrogen) atoms. The van der Waals surface area contributed by atoms with Crippen molar-refractivity contribution in [2.75, 3.05) is 6.54 Å². The maximum Gasteiger partial charge on any atom is 0.127 e. The van der Waals surface area contributed by atoms with Crippen LogP contribution >= 0.6 is 0 Å². The predicted molar refractivity (Wildman–Crippen MR) is 76.8 cm³/mol. The number of benzene rings is 1. The molecule has 1 heterocycles. The van der Waals surface area contributed by atoms with E-state index in [2.05, 4.69) is 4.57 Å². The molecule has 1 aromatic carbocycles. The van der Waals surface area contributed by atoms with Crippen molar-refractivity contribution in [1.82, 2.24) is 4.57 Å². The molecule has 0 atom stereocenters. The van der Waals surface area contributed by atoms with Crippen LogP contribution in [-0.4, -0.2) is 11.1 Å². The minimum Gasteiger partial charge on any atom is -0.348 e. The molecule has 1 aliphatic rings. The molecular weight excluding hydrogens is 239 g/mol. The Bertz CT molecular complexity index is 621. The average Bonchev–Trinajstić information content (AvgIpc) is 2.96. The van der Waals surface area contributed by atoms with Gasteiger partial charge in [-0.1, -0.05) is 12.8 Å². The number of aromatic nitrogens is 1. The number of nitrogens with zero attached hydrogens (tertiary/aromatic N) is 1. The van der Waals surface area contributed by atoms with E-state index in [4.69, 9.17) is 5.73 Å². The monoisotopic (exact) mass is 260 g/mol. The molecule has 0 radical (unpaired) electrons. The van der Waals surface area contributed by atoms with E-state index < -0.39 is 0 Å². The second kappa shape index (κ2) is 4.34. The lowest BCUT2D eigenvalue weighted by Crippen LogP contribution is -2.33. The Morgan fingerprint density at radius 2 is 1.95 bits per heavy atom. The maximum atomic E-state index is 14.5. The Kier molecular flexibility index (Phi) is 2.90. The molecule has 1 fully saturated rings. The van der Waals surface area contributed by atoms with Crippen LogP contribution < -0.4 is 5.73 Å². The van der Waals surface area contributed by atoms with Crippen molar-refractivity contribution in [2.24, 2.45) is 12.8 Å². The largest absolute Gasteiger partial charge is 0.348 e. The van der Waals surface area contributed by atoms with E-state index in [-0.39, 0.29) is 11.2 Å². The minimum atomic E-state index is -0.142. The fourth-order valence-electron chi connectivity index (χ4n) is 3.54. The van der Waals surface area contributed by atoms with E-state index in [0.29, 0.717) is 6.54 Å². The molecule has 0 spiro atoms. The number of fused-ring (bicyclic) bond motifs is 1. The van der Waals surface area contributed by atoms with Crippen molar-refractivity contribution >= 4 is 10.9 Å². The fraction of sp³-hybridized carbons (Fsp3) is 0.500. The van der Waals surface area contributed by atoms with Gasteiger partial charge >= 0.3 is 0 Å². The van der Waals surface area contributed by atoms with Crippen molar-refractivity contribution in [2.45, 2.75) is 38.0 Å². The Hall–Kier alpha value is -1.35. The first kappa shape index (κ1) is 12.7. The van der Waals surface area contributed by atoms with E-state index in [1.807, 2.05) is 26.1 Å². The Labute approximate surface area is 113 Å². The average molecular weight is 260 g/mol. The van der Waals surface area contributed by atoms with Gasteiger partial charge in [-0.05, 0) is 43.5 Å². The van der Waals surface area contributed by atoms with Gasteiger partial charge in [-0.3, -0.25) is 0 Å². The topological polar surface area (TPSA) is 30.9 Å². The first-order chi connectivity index (χ1) is 9.07. The van der Waals surface area contributed by atoms with Gasteiger partial charge in [0.15, 0.2) is 0 Å². The summed E-state index contributed by atoms with van der Waals surface area (Å²) in [6.45, 7) is 2.59. The smallest absolute Gasteiger partial charge is 0.127 e. The maximum absolute atomic E-state index is 14.5. The van der Waals surface area contributed by atoms with Gasteiger partial charge in [0.05, 0.1) is 0 Å². The third-order valence-corrected chi connectivity index (χ3v) is 4.89. The first-order valence-electron chi connectivity index (χ1n) is 7.03. The quantitative estimate of drug-likeness (QED) is 0.881. The van der Waals surface area contributed by atoms with E-state index in [0.717, 1.165) is 47.8 Å². The highest BCUT2D eigenvalue weighted by Gasteiger charge is 2.36. The summed E-state index contributed by atoms with van der Waals surface area (Å²) in [7, 11) is 2.03. The van der Waals surface area contributed by atoms with Gasteiger partial charge in [0.1, 0.15) is 5.82 Å². The molecule has 0 amide bonds. The van der Waals surface area contributed by atoms with Gasteiger partial charge in [-0.2, -0.15) is 0 Å². The van der Waals surface area contributed by atoms with Crippen LogP contribution in [0.15, 0.2) is 18.2 Å². The van der Waals surface area contributed by atoms with Crippen molar-refractivity contribution in [1.29, 1.82) is 0 Å². The molecule has 1 aliphatic carbocycles. The number of hydrogen-bond donors (Lipinski definition) is 1. The molecule has 102 valence electrons. The third-order valence-electron chi connectivity index (χ3n) is 4.89. The van der Waals surface area contributed by atoms with Crippen LogP contribution in [0.2, 0.25) is 0 Å². The fourth-order valence-corrected chi connectivity index (χ4v) is 3.54.